The van der Waals surface area contributed by atoms with E-state index in [9.17, 15) is 18.0 Å². The maximum absolute atomic E-state index is 13.0. The average molecular weight is 480 g/mol. The number of halogens is 5. The maximum Gasteiger partial charge on any atom is 0.416 e. The summed E-state index contributed by atoms with van der Waals surface area (Å²) in [5, 5.41) is 8.34. The molecule has 1 aliphatic carbocycles. The lowest BCUT2D eigenvalue weighted by atomic mass is 9.85. The first-order valence-corrected chi connectivity index (χ1v) is 9.56. The van der Waals surface area contributed by atoms with E-state index in [-0.39, 0.29) is 36.6 Å². The van der Waals surface area contributed by atoms with E-state index in [2.05, 4.69) is 10.2 Å². The van der Waals surface area contributed by atoms with E-state index in [1.165, 1.54) is 6.07 Å². The van der Waals surface area contributed by atoms with Gasteiger partial charge in [-0.05, 0) is 42.9 Å². The number of carbonyl (C=O) groups is 1. The number of esters is 1. The first-order valence-electron chi connectivity index (χ1n) is 9.56. The van der Waals surface area contributed by atoms with Crippen molar-refractivity contribution in [2.45, 2.75) is 51.9 Å². The molecule has 0 bridgehead atoms. The van der Waals surface area contributed by atoms with Gasteiger partial charge in [0.15, 0.2) is 0 Å². The van der Waals surface area contributed by atoms with Gasteiger partial charge in [0.05, 0.1) is 17.0 Å². The van der Waals surface area contributed by atoms with E-state index in [0.717, 1.165) is 12.1 Å². The lowest BCUT2D eigenvalue weighted by Gasteiger charge is -2.30. The molecule has 172 valence electrons. The van der Waals surface area contributed by atoms with Crippen LogP contribution in [0, 0.1) is 11.8 Å². The molecule has 0 saturated carbocycles. The van der Waals surface area contributed by atoms with Crippen molar-refractivity contribution >= 4 is 30.8 Å². The molecule has 31 heavy (non-hydrogen) atoms. The van der Waals surface area contributed by atoms with Crippen LogP contribution >= 0.6 is 24.8 Å². The number of fused-ring (bicyclic) bond motifs is 1. The molecule has 0 spiro atoms. The second kappa shape index (κ2) is 10.6. The molecule has 0 fully saturated rings. The third kappa shape index (κ3) is 6.30. The first kappa shape index (κ1) is 27.1. The summed E-state index contributed by atoms with van der Waals surface area (Å²) >= 11 is 0. The third-order valence-corrected chi connectivity index (χ3v) is 5.14. The molecule has 0 saturated heterocycles. The van der Waals surface area contributed by atoms with Gasteiger partial charge in [0.25, 0.3) is 0 Å². The zero-order chi connectivity index (χ0) is 21.3. The molecule has 3 atom stereocenters. The number of hydrogen-bond acceptors (Lipinski definition) is 5. The Morgan fingerprint density at radius 3 is 2.48 bits per heavy atom. The van der Waals surface area contributed by atoms with Crippen LogP contribution in [0.4, 0.5) is 13.2 Å². The van der Waals surface area contributed by atoms with Crippen LogP contribution in [-0.4, -0.2) is 22.2 Å². The van der Waals surface area contributed by atoms with Gasteiger partial charge >= 0.3 is 12.1 Å². The summed E-state index contributed by atoms with van der Waals surface area (Å²) in [7, 11) is 0. The topological polar surface area (TPSA) is 78.1 Å². The van der Waals surface area contributed by atoms with Crippen molar-refractivity contribution in [1.82, 2.24) is 10.2 Å². The second-order valence-corrected chi connectivity index (χ2v) is 7.95. The number of ether oxygens (including phenoxy) is 1. The smallest absolute Gasteiger partial charge is 0.416 e. The number of nitrogens with two attached hydrogens (primary N) is 1. The van der Waals surface area contributed by atoms with Crippen molar-refractivity contribution in [1.29, 1.82) is 0 Å². The van der Waals surface area contributed by atoms with Gasteiger partial charge in [0.2, 0.25) is 0 Å². The standard InChI is InChI=1S/C21H24F3N3O2.2ClH/c1-11(2)19(25)20(28)29-18-8-12(3)7-17-15(18)10-16(26-27-17)13-5-4-6-14(9-13)21(22,23)24;;/h4-6,9-12,18-19H,7-8,25H2,1-3H3;2*1H/t12-,18+,19-;;/m0../s1. The van der Waals surface area contributed by atoms with Gasteiger partial charge in [-0.2, -0.15) is 23.4 Å². The van der Waals surface area contributed by atoms with Gasteiger partial charge in [-0.15, -0.1) is 24.8 Å². The van der Waals surface area contributed by atoms with Crippen LogP contribution in [0.15, 0.2) is 30.3 Å². The van der Waals surface area contributed by atoms with Gasteiger partial charge < -0.3 is 10.5 Å². The van der Waals surface area contributed by atoms with Crippen molar-refractivity contribution in [2.75, 3.05) is 0 Å². The van der Waals surface area contributed by atoms with E-state index in [0.29, 0.717) is 35.4 Å². The highest BCUT2D eigenvalue weighted by Gasteiger charge is 2.33. The van der Waals surface area contributed by atoms with Crippen LogP contribution < -0.4 is 5.73 Å². The quantitative estimate of drug-likeness (QED) is 0.612. The zero-order valence-electron chi connectivity index (χ0n) is 17.3. The Hall–Kier alpha value is -1.90. The molecule has 2 aromatic rings. The number of aromatic nitrogens is 2. The van der Waals surface area contributed by atoms with Gasteiger partial charge in [0, 0.05) is 11.1 Å². The Labute approximate surface area is 191 Å². The van der Waals surface area contributed by atoms with E-state index in [1.807, 2.05) is 20.8 Å². The molecule has 10 heteroatoms. The van der Waals surface area contributed by atoms with Gasteiger partial charge in [-0.1, -0.05) is 32.9 Å². The molecule has 2 N–H and O–H groups in total. The van der Waals surface area contributed by atoms with Gasteiger partial charge in [-0.25, -0.2) is 0 Å². The minimum absolute atomic E-state index is 0. The fourth-order valence-electron chi connectivity index (χ4n) is 3.37. The highest BCUT2D eigenvalue weighted by Crippen LogP contribution is 2.37. The molecular formula is C21H26Cl2F3N3O2. The fraction of sp³-hybridized carbons (Fsp3) is 0.476. The van der Waals surface area contributed by atoms with E-state index in [1.54, 1.807) is 12.1 Å². The minimum Gasteiger partial charge on any atom is -0.456 e. The Bertz CT molecular complexity index is 910. The predicted molar refractivity (Wildman–Crippen MR) is 116 cm³/mol. The minimum atomic E-state index is -4.45. The van der Waals surface area contributed by atoms with Gasteiger partial charge in [-0.3, -0.25) is 4.79 Å². The summed E-state index contributed by atoms with van der Waals surface area (Å²) in [5.41, 5.74) is 7.12. The summed E-state index contributed by atoms with van der Waals surface area (Å²) in [5.74, 6) is -0.342. The van der Waals surface area contributed by atoms with E-state index >= 15 is 0 Å². The number of benzene rings is 1. The van der Waals surface area contributed by atoms with Crippen LogP contribution in [0.3, 0.4) is 0 Å². The molecule has 0 amide bonds. The van der Waals surface area contributed by atoms with Crippen LogP contribution in [0.5, 0.6) is 0 Å². The Kier molecular flexibility index (Phi) is 9.29. The van der Waals surface area contributed by atoms with Crippen molar-refractivity contribution in [3.63, 3.8) is 0 Å². The highest BCUT2D eigenvalue weighted by molar-refractivity contribution is 5.85. The Balaban J connectivity index is 0.00000240. The number of alkyl halides is 3. The first-order chi connectivity index (χ1) is 13.6. The van der Waals surface area contributed by atoms with Crippen LogP contribution in [0.1, 0.15) is 50.1 Å². The molecular weight excluding hydrogens is 454 g/mol. The number of carbonyl (C=O) groups excluding carboxylic acids is 1. The summed E-state index contributed by atoms with van der Waals surface area (Å²) in [4.78, 5) is 12.4. The molecule has 5 nitrogen and oxygen atoms in total. The van der Waals surface area contributed by atoms with E-state index < -0.39 is 29.9 Å². The van der Waals surface area contributed by atoms with Crippen LogP contribution in [0.2, 0.25) is 0 Å². The van der Waals surface area contributed by atoms with E-state index in [4.69, 9.17) is 10.5 Å². The summed E-state index contributed by atoms with van der Waals surface area (Å²) in [6.45, 7) is 5.69. The Morgan fingerprint density at radius 1 is 1.19 bits per heavy atom. The summed E-state index contributed by atoms with van der Waals surface area (Å²) in [6, 6.07) is 5.86. The van der Waals surface area contributed by atoms with Crippen LogP contribution in [-0.2, 0) is 22.1 Å². The third-order valence-electron chi connectivity index (χ3n) is 5.14. The predicted octanol–water partition coefficient (Wildman–Crippen LogP) is 5.16. The molecule has 1 heterocycles. The normalized spacial score (nSPS) is 19.0. The monoisotopic (exact) mass is 479 g/mol. The molecule has 0 aliphatic heterocycles. The lowest BCUT2D eigenvalue weighted by molar-refractivity contribution is -0.153. The van der Waals surface area contributed by atoms with Crippen molar-refractivity contribution < 1.29 is 22.7 Å². The molecule has 1 aromatic carbocycles. The summed E-state index contributed by atoms with van der Waals surface area (Å²) in [6.07, 6.45) is -3.74. The molecule has 0 radical (unpaired) electrons. The molecule has 0 unspecified atom stereocenters. The van der Waals surface area contributed by atoms with Crippen molar-refractivity contribution in [2.24, 2.45) is 17.6 Å². The number of hydrogen-bond donors (Lipinski definition) is 1. The maximum atomic E-state index is 13.0. The van der Waals surface area contributed by atoms with Crippen molar-refractivity contribution in [3.05, 3.63) is 47.2 Å². The fourth-order valence-corrected chi connectivity index (χ4v) is 3.37. The van der Waals surface area contributed by atoms with Gasteiger partial charge in [0.1, 0.15) is 12.1 Å². The second-order valence-electron chi connectivity index (χ2n) is 7.95. The molecule has 1 aliphatic rings. The van der Waals surface area contributed by atoms with Crippen molar-refractivity contribution in [3.8, 4) is 11.3 Å². The van der Waals surface area contributed by atoms with Crippen LogP contribution in [0.25, 0.3) is 11.3 Å². The number of rotatable bonds is 4. The molecule has 1 aromatic heterocycles. The summed E-state index contributed by atoms with van der Waals surface area (Å²) < 4.78 is 44.8. The Morgan fingerprint density at radius 2 is 1.87 bits per heavy atom. The largest absolute Gasteiger partial charge is 0.456 e. The highest BCUT2D eigenvalue weighted by atomic mass is 35.5. The molecule has 3 rings (SSSR count). The SMILES string of the molecule is CC(C)[C@H](N)C(=O)O[C@@H]1C[C@@H](C)Cc2nnc(-c3cccc(C(F)(F)F)c3)cc21.Cl.Cl. The average Bonchev–Trinajstić information content (AvgIpc) is 2.66. The zero-order valence-corrected chi connectivity index (χ0v) is 19.0. The number of nitrogens with zero attached hydrogens (tertiary/aromatic N) is 2. The lowest BCUT2D eigenvalue weighted by Crippen LogP contribution is -2.38.